The lowest BCUT2D eigenvalue weighted by Crippen LogP contribution is -2.30. The van der Waals surface area contributed by atoms with Gasteiger partial charge in [0.25, 0.3) is 5.91 Å². The molecule has 192 valence electrons. The fraction of sp³-hybridized carbons (Fsp3) is 0.200. The van der Waals surface area contributed by atoms with E-state index in [0.29, 0.717) is 28.4 Å². The molecule has 1 heterocycles. The third-order valence-corrected chi connectivity index (χ3v) is 7.52. The average molecular weight is 526 g/mol. The number of amides is 2. The fourth-order valence-electron chi connectivity index (χ4n) is 4.08. The van der Waals surface area contributed by atoms with Gasteiger partial charge < -0.3 is 10.1 Å². The molecule has 3 aromatic carbocycles. The van der Waals surface area contributed by atoms with Gasteiger partial charge in [-0.2, -0.15) is 5.26 Å². The van der Waals surface area contributed by atoms with E-state index < -0.39 is 17.1 Å². The van der Waals surface area contributed by atoms with E-state index >= 15 is 0 Å². The van der Waals surface area contributed by atoms with Gasteiger partial charge in [-0.25, -0.2) is 4.79 Å². The topological polar surface area (TPSA) is 99.5 Å². The standard InChI is InChI=1S/C30H27N3O4S/c1-4-37-30(36)22-15-13-21(14-16-22)17-26-28(35)33(23-10-6-5-7-11-23)29(38-26)24(18-31)27(34)32-25-12-8-9-19(2)20(25)3/h5-16,26H,4,17H2,1-3H3,(H,32,34)/b29-24-/t26-/m1/s1. The minimum Gasteiger partial charge on any atom is -0.462 e. The van der Waals surface area contributed by atoms with Gasteiger partial charge in [-0.1, -0.05) is 54.2 Å². The van der Waals surface area contributed by atoms with E-state index in [1.54, 1.807) is 61.5 Å². The van der Waals surface area contributed by atoms with Gasteiger partial charge in [0.1, 0.15) is 16.7 Å². The SMILES string of the molecule is CCOC(=O)c1ccc(C[C@H]2S/C(=C(/C#N)C(=O)Nc3cccc(C)c3C)N(c3ccccc3)C2=O)cc1. The highest BCUT2D eigenvalue weighted by Crippen LogP contribution is 2.42. The number of para-hydroxylation sites is 1. The summed E-state index contributed by atoms with van der Waals surface area (Å²) in [4.78, 5) is 40.4. The second kappa shape index (κ2) is 11.8. The number of nitrogens with one attached hydrogen (secondary N) is 1. The van der Waals surface area contributed by atoms with Gasteiger partial charge in [-0.05, 0) is 74.2 Å². The van der Waals surface area contributed by atoms with Crippen molar-refractivity contribution < 1.29 is 19.1 Å². The van der Waals surface area contributed by atoms with Crippen LogP contribution in [0.1, 0.15) is 34.0 Å². The van der Waals surface area contributed by atoms with Crippen LogP contribution in [0.5, 0.6) is 0 Å². The van der Waals surface area contributed by atoms with Crippen molar-refractivity contribution in [3.8, 4) is 6.07 Å². The van der Waals surface area contributed by atoms with Gasteiger partial charge in [0.2, 0.25) is 5.91 Å². The van der Waals surface area contributed by atoms with E-state index in [9.17, 15) is 19.6 Å². The number of esters is 1. The quantitative estimate of drug-likeness (QED) is 0.247. The molecule has 0 radical (unpaired) electrons. The van der Waals surface area contributed by atoms with Crippen LogP contribution in [-0.4, -0.2) is 29.6 Å². The first-order chi connectivity index (χ1) is 18.3. The lowest BCUT2D eigenvalue weighted by molar-refractivity contribution is -0.117. The van der Waals surface area contributed by atoms with Crippen molar-refractivity contribution in [2.24, 2.45) is 0 Å². The van der Waals surface area contributed by atoms with Crippen LogP contribution in [0.15, 0.2) is 83.4 Å². The predicted octanol–water partition coefficient (Wildman–Crippen LogP) is 5.55. The van der Waals surface area contributed by atoms with Crippen LogP contribution in [0.25, 0.3) is 0 Å². The molecule has 1 aliphatic heterocycles. The first-order valence-corrected chi connectivity index (χ1v) is 13.1. The summed E-state index contributed by atoms with van der Waals surface area (Å²) in [7, 11) is 0. The second-order valence-corrected chi connectivity index (χ2v) is 9.92. The van der Waals surface area contributed by atoms with Crippen LogP contribution in [0.3, 0.4) is 0 Å². The summed E-state index contributed by atoms with van der Waals surface area (Å²) in [5, 5.41) is 12.6. The van der Waals surface area contributed by atoms with Crippen LogP contribution in [0, 0.1) is 25.2 Å². The third-order valence-electron chi connectivity index (χ3n) is 6.26. The molecule has 0 aromatic heterocycles. The van der Waals surface area contributed by atoms with Gasteiger partial charge in [0, 0.05) is 11.4 Å². The number of carbonyl (C=O) groups excluding carboxylic acids is 3. The van der Waals surface area contributed by atoms with E-state index in [1.165, 1.54) is 16.7 Å². The Kier molecular flexibility index (Phi) is 8.29. The van der Waals surface area contributed by atoms with Crippen LogP contribution in [-0.2, 0) is 20.7 Å². The Hall–Kier alpha value is -4.35. The number of thioether (sulfide) groups is 1. The molecule has 0 spiro atoms. The summed E-state index contributed by atoms with van der Waals surface area (Å²) in [5.41, 5.74) is 4.25. The number of carbonyl (C=O) groups is 3. The zero-order chi connectivity index (χ0) is 27.2. The normalized spacial score (nSPS) is 16.1. The molecule has 38 heavy (non-hydrogen) atoms. The van der Waals surface area contributed by atoms with E-state index in [1.807, 2.05) is 38.1 Å². The van der Waals surface area contributed by atoms with Crippen molar-refractivity contribution in [1.29, 1.82) is 5.26 Å². The summed E-state index contributed by atoms with van der Waals surface area (Å²) in [6.45, 7) is 5.88. The van der Waals surface area contributed by atoms with Crippen LogP contribution < -0.4 is 10.2 Å². The number of nitriles is 1. The maximum atomic E-state index is 13.6. The first-order valence-electron chi connectivity index (χ1n) is 12.2. The van der Waals surface area contributed by atoms with E-state index in [2.05, 4.69) is 5.32 Å². The van der Waals surface area contributed by atoms with E-state index in [-0.39, 0.29) is 18.1 Å². The molecule has 0 saturated carbocycles. The Labute approximate surface area is 226 Å². The van der Waals surface area contributed by atoms with Crippen LogP contribution in [0.4, 0.5) is 11.4 Å². The highest BCUT2D eigenvalue weighted by molar-refractivity contribution is 8.05. The Morgan fingerprint density at radius 1 is 1.03 bits per heavy atom. The Morgan fingerprint density at radius 3 is 2.39 bits per heavy atom. The molecule has 1 saturated heterocycles. The highest BCUT2D eigenvalue weighted by atomic mass is 32.2. The molecule has 0 aliphatic carbocycles. The molecule has 1 N–H and O–H groups in total. The molecule has 7 nitrogen and oxygen atoms in total. The number of nitrogens with zero attached hydrogens (tertiary/aromatic N) is 2. The number of benzene rings is 3. The molecular weight excluding hydrogens is 498 g/mol. The highest BCUT2D eigenvalue weighted by Gasteiger charge is 2.40. The minimum atomic E-state index is -0.572. The molecule has 0 unspecified atom stereocenters. The molecule has 1 atom stereocenters. The first kappa shape index (κ1) is 26.7. The predicted molar refractivity (Wildman–Crippen MR) is 149 cm³/mol. The number of rotatable bonds is 7. The maximum absolute atomic E-state index is 13.6. The van der Waals surface area contributed by atoms with Gasteiger partial charge >= 0.3 is 5.97 Å². The third kappa shape index (κ3) is 5.63. The summed E-state index contributed by atoms with van der Waals surface area (Å²) in [5.74, 6) is -1.20. The minimum absolute atomic E-state index is 0.131. The maximum Gasteiger partial charge on any atom is 0.338 e. The Bertz CT molecular complexity index is 1440. The van der Waals surface area contributed by atoms with Crippen LogP contribution >= 0.6 is 11.8 Å². The fourth-order valence-corrected chi connectivity index (χ4v) is 5.38. The number of aryl methyl sites for hydroxylation is 1. The monoisotopic (exact) mass is 525 g/mol. The summed E-state index contributed by atoms with van der Waals surface area (Å²) < 4.78 is 5.03. The molecule has 4 rings (SSSR count). The molecule has 3 aromatic rings. The molecule has 1 fully saturated rings. The largest absolute Gasteiger partial charge is 0.462 e. The second-order valence-electron chi connectivity index (χ2n) is 8.73. The summed E-state index contributed by atoms with van der Waals surface area (Å²) >= 11 is 1.20. The van der Waals surface area contributed by atoms with Crippen molar-refractivity contribution in [3.05, 3.63) is 106 Å². The van der Waals surface area contributed by atoms with Gasteiger partial charge in [-0.3, -0.25) is 14.5 Å². The molecule has 1 aliphatic rings. The van der Waals surface area contributed by atoms with E-state index in [4.69, 9.17) is 4.74 Å². The van der Waals surface area contributed by atoms with Gasteiger partial charge in [-0.15, -0.1) is 0 Å². The molecule has 8 heteroatoms. The molecular formula is C30H27N3O4S. The van der Waals surface area contributed by atoms with Gasteiger partial charge in [0.05, 0.1) is 17.4 Å². The number of hydrogen-bond donors (Lipinski definition) is 1. The van der Waals surface area contributed by atoms with E-state index in [0.717, 1.165) is 16.7 Å². The lowest BCUT2D eigenvalue weighted by atomic mass is 10.1. The van der Waals surface area contributed by atoms with Crippen molar-refractivity contribution in [2.45, 2.75) is 32.4 Å². The van der Waals surface area contributed by atoms with Gasteiger partial charge in [0.15, 0.2) is 0 Å². The van der Waals surface area contributed by atoms with Crippen molar-refractivity contribution in [1.82, 2.24) is 0 Å². The Balaban J connectivity index is 1.66. The molecule has 2 amide bonds. The van der Waals surface area contributed by atoms with Crippen molar-refractivity contribution in [3.63, 3.8) is 0 Å². The number of hydrogen-bond acceptors (Lipinski definition) is 6. The van der Waals surface area contributed by atoms with Crippen LogP contribution in [0.2, 0.25) is 0 Å². The summed E-state index contributed by atoms with van der Waals surface area (Å²) in [6, 6.07) is 23.5. The number of ether oxygens (including phenoxy) is 1. The summed E-state index contributed by atoms with van der Waals surface area (Å²) in [6.07, 6.45) is 0.358. The van der Waals surface area contributed by atoms with Crippen molar-refractivity contribution in [2.75, 3.05) is 16.8 Å². The lowest BCUT2D eigenvalue weighted by Gasteiger charge is -2.19. The van der Waals surface area contributed by atoms with Crippen molar-refractivity contribution >= 4 is 40.9 Å². The smallest absolute Gasteiger partial charge is 0.338 e. The Morgan fingerprint density at radius 2 is 1.74 bits per heavy atom. The zero-order valence-corrected chi connectivity index (χ0v) is 22.2. The zero-order valence-electron chi connectivity index (χ0n) is 21.4. The number of anilines is 2. The molecule has 0 bridgehead atoms. The average Bonchev–Trinajstić information content (AvgIpc) is 3.23.